The van der Waals surface area contributed by atoms with E-state index in [1.54, 1.807) is 0 Å². The fraction of sp³-hybridized carbons (Fsp3) is 0.708. The van der Waals surface area contributed by atoms with E-state index in [2.05, 4.69) is 74.5 Å². The number of hydrogen-bond donors (Lipinski definition) is 0. The summed E-state index contributed by atoms with van der Waals surface area (Å²) in [6.45, 7) is 4.54. The first-order valence-corrected chi connectivity index (χ1v) is 22.0. The number of benzene rings is 2. The standard InChI is InChI=1S/2C24H40O2.Ca/c2*1-2-3-4-5-6-8-12-17-22(23-19-14-11-15-20-23)18-13-9-7-10-16-21-24(25)26;/h2*11,14-15,19-20,22H,2-10,12-13,16-18,21H2,1H3,(H,25,26);/q;;+2/p-2. The van der Waals surface area contributed by atoms with Gasteiger partial charge in [0.15, 0.2) is 0 Å². The van der Waals surface area contributed by atoms with Gasteiger partial charge in [0.1, 0.15) is 0 Å². The molecule has 0 N–H and O–H groups in total. The smallest absolute Gasteiger partial charge is 0.550 e. The molecule has 0 bridgehead atoms. The molecule has 5 heteroatoms. The van der Waals surface area contributed by atoms with Crippen molar-refractivity contribution in [1.82, 2.24) is 0 Å². The van der Waals surface area contributed by atoms with Gasteiger partial charge in [-0.1, -0.05) is 216 Å². The van der Waals surface area contributed by atoms with Gasteiger partial charge in [-0.25, -0.2) is 0 Å². The van der Waals surface area contributed by atoms with Crippen molar-refractivity contribution in [2.24, 2.45) is 0 Å². The summed E-state index contributed by atoms with van der Waals surface area (Å²) < 4.78 is 0. The van der Waals surface area contributed by atoms with E-state index in [1.165, 1.54) is 152 Å². The first-order valence-electron chi connectivity index (χ1n) is 22.0. The van der Waals surface area contributed by atoms with Crippen LogP contribution in [0.4, 0.5) is 0 Å². The minimum absolute atomic E-state index is 0. The number of carboxylic acids is 2. The van der Waals surface area contributed by atoms with E-state index in [9.17, 15) is 19.8 Å². The second-order valence-electron chi connectivity index (χ2n) is 15.4. The molecule has 296 valence electrons. The van der Waals surface area contributed by atoms with Crippen molar-refractivity contribution in [3.8, 4) is 0 Å². The number of unbranched alkanes of at least 4 members (excludes halogenated alkanes) is 20. The number of carbonyl (C=O) groups is 2. The molecule has 2 aromatic rings. The molecule has 0 amide bonds. The predicted octanol–water partition coefficient (Wildman–Crippen LogP) is 12.4. The van der Waals surface area contributed by atoms with Gasteiger partial charge >= 0.3 is 37.7 Å². The minimum atomic E-state index is -0.913. The number of carbonyl (C=O) groups excluding carboxylic acids is 2. The molecule has 0 spiro atoms. The molecule has 53 heavy (non-hydrogen) atoms. The van der Waals surface area contributed by atoms with Crippen molar-refractivity contribution in [2.45, 2.75) is 218 Å². The summed E-state index contributed by atoms with van der Waals surface area (Å²) in [5.41, 5.74) is 2.99. The van der Waals surface area contributed by atoms with Crippen molar-refractivity contribution >= 4 is 49.7 Å². The van der Waals surface area contributed by atoms with Gasteiger partial charge in [-0.05, 0) is 74.3 Å². The summed E-state index contributed by atoms with van der Waals surface area (Å²) in [6.07, 6.45) is 35.6. The van der Waals surface area contributed by atoms with Gasteiger partial charge in [-0.2, -0.15) is 0 Å². The molecule has 0 heterocycles. The Kier molecular flexibility index (Phi) is 37.9. The van der Waals surface area contributed by atoms with Gasteiger partial charge < -0.3 is 19.8 Å². The molecule has 0 saturated heterocycles. The number of carboxylic acid groups (broad SMARTS) is 2. The third-order valence-electron chi connectivity index (χ3n) is 10.7. The molecule has 2 unspecified atom stereocenters. The summed E-state index contributed by atoms with van der Waals surface area (Å²) in [6, 6.07) is 22.0. The van der Waals surface area contributed by atoms with E-state index in [1.807, 2.05) is 0 Å². The molecule has 0 aromatic heterocycles. The Morgan fingerprint density at radius 2 is 0.642 bits per heavy atom. The zero-order chi connectivity index (χ0) is 37.7. The fourth-order valence-electron chi connectivity index (χ4n) is 7.48. The van der Waals surface area contributed by atoms with Crippen LogP contribution in [0.1, 0.15) is 229 Å². The third kappa shape index (κ3) is 32.6. The van der Waals surface area contributed by atoms with Crippen LogP contribution in [0.5, 0.6) is 0 Å². The van der Waals surface area contributed by atoms with E-state index < -0.39 is 11.9 Å². The van der Waals surface area contributed by atoms with Crippen LogP contribution in [0.25, 0.3) is 0 Å². The molecule has 2 rings (SSSR count). The second kappa shape index (κ2) is 38.9. The first kappa shape index (κ1) is 51.6. The van der Waals surface area contributed by atoms with E-state index in [4.69, 9.17) is 0 Å². The molecule has 2 aromatic carbocycles. The van der Waals surface area contributed by atoms with Crippen molar-refractivity contribution in [3.05, 3.63) is 71.8 Å². The van der Waals surface area contributed by atoms with E-state index in [0.29, 0.717) is 11.8 Å². The fourth-order valence-corrected chi connectivity index (χ4v) is 7.48. The number of rotatable bonds is 34. The van der Waals surface area contributed by atoms with Gasteiger partial charge in [-0.15, -0.1) is 0 Å². The van der Waals surface area contributed by atoms with Crippen molar-refractivity contribution < 1.29 is 19.8 Å². The molecule has 0 radical (unpaired) electrons. The van der Waals surface area contributed by atoms with Gasteiger partial charge in [0.2, 0.25) is 0 Å². The quantitative estimate of drug-likeness (QED) is 0.0526. The predicted molar refractivity (Wildman–Crippen MR) is 224 cm³/mol. The SMILES string of the molecule is CCCCCCCCCC(CCCCCCCC(=O)[O-])c1ccccc1.CCCCCCCCCC(CCCCCCCC(=O)[O-])c1ccccc1.[Ca+2]. The maximum absolute atomic E-state index is 10.4. The Morgan fingerprint density at radius 3 is 0.906 bits per heavy atom. The minimum Gasteiger partial charge on any atom is -0.550 e. The summed E-state index contributed by atoms with van der Waals surface area (Å²) >= 11 is 0. The van der Waals surface area contributed by atoms with Crippen LogP contribution in [0, 0.1) is 0 Å². The van der Waals surface area contributed by atoms with E-state index in [-0.39, 0.29) is 50.6 Å². The van der Waals surface area contributed by atoms with Crippen LogP contribution >= 0.6 is 0 Å². The maximum atomic E-state index is 10.4. The van der Waals surface area contributed by atoms with E-state index >= 15 is 0 Å². The summed E-state index contributed by atoms with van der Waals surface area (Å²) in [4.78, 5) is 20.8. The van der Waals surface area contributed by atoms with Crippen molar-refractivity contribution in [1.29, 1.82) is 0 Å². The molecule has 0 saturated carbocycles. The van der Waals surface area contributed by atoms with Crippen LogP contribution in [-0.4, -0.2) is 49.7 Å². The monoisotopic (exact) mass is 759 g/mol. The molecule has 0 aliphatic carbocycles. The first-order chi connectivity index (χ1) is 25.5. The molecule has 0 aliphatic rings. The molecular formula is C48H78CaO4. The van der Waals surface area contributed by atoms with Gasteiger partial charge in [-0.3, -0.25) is 0 Å². The van der Waals surface area contributed by atoms with Crippen LogP contribution in [-0.2, 0) is 9.59 Å². The van der Waals surface area contributed by atoms with Crippen LogP contribution in [0.2, 0.25) is 0 Å². The Bertz CT molecular complexity index is 974. The Hall–Kier alpha value is -1.36. The molecular weight excluding hydrogens is 681 g/mol. The molecule has 2 atom stereocenters. The largest absolute Gasteiger partial charge is 2.00 e. The number of aliphatic carboxylic acids is 2. The summed E-state index contributed by atoms with van der Waals surface area (Å²) in [5, 5.41) is 20.8. The zero-order valence-corrected chi connectivity index (χ0v) is 36.7. The zero-order valence-electron chi connectivity index (χ0n) is 34.5. The topological polar surface area (TPSA) is 80.3 Å². The average molecular weight is 759 g/mol. The molecule has 4 nitrogen and oxygen atoms in total. The Morgan fingerprint density at radius 1 is 0.396 bits per heavy atom. The average Bonchev–Trinajstić information content (AvgIpc) is 3.15. The van der Waals surface area contributed by atoms with Gasteiger partial charge in [0.05, 0.1) is 0 Å². The molecule has 0 aliphatic heterocycles. The summed E-state index contributed by atoms with van der Waals surface area (Å²) in [5.74, 6) is -0.446. The van der Waals surface area contributed by atoms with Crippen LogP contribution in [0.3, 0.4) is 0 Å². The normalized spacial score (nSPS) is 12.0. The maximum Gasteiger partial charge on any atom is 2.00 e. The number of hydrogen-bond acceptors (Lipinski definition) is 4. The van der Waals surface area contributed by atoms with Crippen molar-refractivity contribution in [3.63, 3.8) is 0 Å². The van der Waals surface area contributed by atoms with Crippen molar-refractivity contribution in [2.75, 3.05) is 0 Å². The second-order valence-corrected chi connectivity index (χ2v) is 15.4. The third-order valence-corrected chi connectivity index (χ3v) is 10.7. The Labute approximate surface area is 357 Å². The summed E-state index contributed by atoms with van der Waals surface area (Å²) in [7, 11) is 0. The molecule has 0 fully saturated rings. The van der Waals surface area contributed by atoms with E-state index in [0.717, 1.165) is 38.5 Å². The van der Waals surface area contributed by atoms with Crippen LogP contribution in [0.15, 0.2) is 60.7 Å². The van der Waals surface area contributed by atoms with Gasteiger partial charge in [0, 0.05) is 11.9 Å². The van der Waals surface area contributed by atoms with Crippen LogP contribution < -0.4 is 10.2 Å². The Balaban J connectivity index is 0.00000100. The van der Waals surface area contributed by atoms with Gasteiger partial charge in [0.25, 0.3) is 0 Å².